The van der Waals surface area contributed by atoms with E-state index in [2.05, 4.69) is 26.2 Å². The van der Waals surface area contributed by atoms with Gasteiger partial charge in [-0.25, -0.2) is 13.6 Å². The molecule has 4 rings (SSSR count). The predicted octanol–water partition coefficient (Wildman–Crippen LogP) is 8.17. The molecule has 0 bridgehead atoms. The standard InChI is InChI=1S/C43H50F2N6O6/c1-28-10-9-11-31(24-28)41(54)48-37(12-7-8-22-47-42(55)57-43(2,3)4)38(52)27-56-39-35(44)25-29(26-36(39)45)21-23-46-40(53)30-13-15-32(16-14-30)49-50-33-17-19-34(20-18-33)51(5)6/h9-11,13-20,24-26,37H,7-8,12,21-23,27H2,1-6H3,(H,46,53)(H,47,55)(H,48,54)/b50-49+/t37-/m0/s1. The van der Waals surface area contributed by atoms with Gasteiger partial charge >= 0.3 is 6.09 Å². The van der Waals surface area contributed by atoms with Crippen LogP contribution in [0.1, 0.15) is 71.9 Å². The van der Waals surface area contributed by atoms with Gasteiger partial charge in [0.05, 0.1) is 17.4 Å². The number of halogens is 2. The van der Waals surface area contributed by atoms with Crippen molar-refractivity contribution in [1.82, 2.24) is 16.0 Å². The molecule has 12 nitrogen and oxygen atoms in total. The van der Waals surface area contributed by atoms with E-state index in [1.54, 1.807) is 63.2 Å². The van der Waals surface area contributed by atoms with Crippen molar-refractivity contribution in [1.29, 1.82) is 0 Å². The van der Waals surface area contributed by atoms with Gasteiger partial charge in [0.2, 0.25) is 0 Å². The summed E-state index contributed by atoms with van der Waals surface area (Å²) in [5.41, 5.74) is 3.48. The SMILES string of the molecule is Cc1cccc(C(=O)N[C@@H](CCCCNC(=O)OC(C)(C)C)C(=O)COc2c(F)cc(CCNC(=O)c3ccc(/N=N/c4ccc(N(C)C)cc4)cc3)cc2F)c1. The monoisotopic (exact) mass is 784 g/mol. The largest absolute Gasteiger partial charge is 0.480 e. The third-order valence-electron chi connectivity index (χ3n) is 8.45. The first-order valence-corrected chi connectivity index (χ1v) is 18.6. The normalized spacial score (nSPS) is 11.8. The highest BCUT2D eigenvalue weighted by molar-refractivity contribution is 5.98. The van der Waals surface area contributed by atoms with E-state index in [1.165, 1.54) is 0 Å². The number of Topliss-reactive ketones (excluding diaryl/α,β-unsaturated/α-hetero) is 1. The van der Waals surface area contributed by atoms with Crippen molar-refractivity contribution in [3.8, 4) is 5.75 Å². The number of rotatable bonds is 18. The lowest BCUT2D eigenvalue weighted by Gasteiger charge is -2.20. The van der Waals surface area contributed by atoms with Crippen LogP contribution in [0.5, 0.6) is 5.75 Å². The quantitative estimate of drug-likeness (QED) is 0.0681. The lowest BCUT2D eigenvalue weighted by molar-refractivity contribution is -0.123. The van der Waals surface area contributed by atoms with Crippen LogP contribution in [0.25, 0.3) is 0 Å². The van der Waals surface area contributed by atoms with E-state index < -0.39 is 53.4 Å². The number of anilines is 1. The maximum Gasteiger partial charge on any atom is 0.407 e. The highest BCUT2D eigenvalue weighted by Crippen LogP contribution is 2.25. The Morgan fingerprint density at radius 3 is 2.00 bits per heavy atom. The van der Waals surface area contributed by atoms with Gasteiger partial charge in [-0.1, -0.05) is 17.7 Å². The molecule has 14 heteroatoms. The highest BCUT2D eigenvalue weighted by atomic mass is 19.1. The Kier molecular flexibility index (Phi) is 15.8. The van der Waals surface area contributed by atoms with Gasteiger partial charge in [0, 0.05) is 44.0 Å². The zero-order chi connectivity index (χ0) is 41.5. The molecule has 302 valence electrons. The lowest BCUT2D eigenvalue weighted by atomic mass is 10.0. The van der Waals surface area contributed by atoms with E-state index in [4.69, 9.17) is 9.47 Å². The molecule has 0 radical (unpaired) electrons. The molecule has 0 fully saturated rings. The van der Waals surface area contributed by atoms with Crippen molar-refractivity contribution in [2.24, 2.45) is 10.2 Å². The predicted molar refractivity (Wildman–Crippen MR) is 215 cm³/mol. The van der Waals surface area contributed by atoms with Crippen LogP contribution in [-0.4, -0.2) is 69.1 Å². The van der Waals surface area contributed by atoms with Crippen molar-refractivity contribution in [2.45, 2.75) is 65.0 Å². The summed E-state index contributed by atoms with van der Waals surface area (Å²) in [6.07, 6.45) is 0.641. The van der Waals surface area contributed by atoms with E-state index in [-0.39, 0.29) is 37.4 Å². The summed E-state index contributed by atoms with van der Waals surface area (Å²) in [6, 6.07) is 22.1. The minimum absolute atomic E-state index is 0.0937. The molecule has 4 aromatic carbocycles. The third-order valence-corrected chi connectivity index (χ3v) is 8.45. The average Bonchev–Trinajstić information content (AvgIpc) is 3.15. The first-order chi connectivity index (χ1) is 27.1. The Hall–Kier alpha value is -6.18. The number of azo groups is 1. The van der Waals surface area contributed by atoms with Crippen LogP contribution in [0.15, 0.2) is 95.2 Å². The Balaban J connectivity index is 1.28. The molecular weight excluding hydrogens is 735 g/mol. The van der Waals surface area contributed by atoms with Gasteiger partial charge in [0.1, 0.15) is 12.2 Å². The Labute approximate surface area is 332 Å². The summed E-state index contributed by atoms with van der Waals surface area (Å²) in [5.74, 6) is -4.22. The van der Waals surface area contributed by atoms with Gasteiger partial charge in [-0.2, -0.15) is 10.2 Å². The van der Waals surface area contributed by atoms with E-state index in [0.29, 0.717) is 35.3 Å². The fourth-order valence-corrected chi connectivity index (χ4v) is 5.49. The Morgan fingerprint density at radius 1 is 0.772 bits per heavy atom. The minimum Gasteiger partial charge on any atom is -0.480 e. The summed E-state index contributed by atoms with van der Waals surface area (Å²) in [4.78, 5) is 53.0. The Bertz CT molecular complexity index is 2010. The fourth-order valence-electron chi connectivity index (χ4n) is 5.49. The van der Waals surface area contributed by atoms with Gasteiger partial charge in [-0.3, -0.25) is 14.4 Å². The molecule has 0 heterocycles. The molecule has 0 aliphatic rings. The number of unbranched alkanes of at least 4 members (excludes halogenated alkanes) is 1. The van der Waals surface area contributed by atoms with Crippen molar-refractivity contribution in [2.75, 3.05) is 38.7 Å². The molecule has 4 aromatic rings. The van der Waals surface area contributed by atoms with Gasteiger partial charge in [-0.05, 0) is 132 Å². The van der Waals surface area contributed by atoms with Crippen molar-refractivity contribution in [3.63, 3.8) is 0 Å². The summed E-state index contributed by atoms with van der Waals surface area (Å²) in [7, 11) is 3.90. The van der Waals surface area contributed by atoms with Crippen LogP contribution in [0, 0.1) is 18.6 Å². The van der Waals surface area contributed by atoms with Gasteiger partial charge in [0.15, 0.2) is 23.2 Å². The summed E-state index contributed by atoms with van der Waals surface area (Å²) in [5, 5.41) is 16.5. The first kappa shape index (κ1) is 43.5. The van der Waals surface area contributed by atoms with Crippen LogP contribution in [0.2, 0.25) is 0 Å². The molecule has 3 N–H and O–H groups in total. The summed E-state index contributed by atoms with van der Waals surface area (Å²) >= 11 is 0. The minimum atomic E-state index is -1.03. The number of ether oxygens (including phenoxy) is 2. The number of amides is 3. The highest BCUT2D eigenvalue weighted by Gasteiger charge is 2.24. The first-order valence-electron chi connectivity index (χ1n) is 18.6. The van der Waals surface area contributed by atoms with E-state index in [9.17, 15) is 19.2 Å². The molecule has 0 saturated heterocycles. The van der Waals surface area contributed by atoms with Crippen LogP contribution < -0.4 is 25.6 Å². The maximum atomic E-state index is 15.1. The number of hydrogen-bond acceptors (Lipinski definition) is 9. The number of nitrogens with zero attached hydrogens (tertiary/aromatic N) is 3. The van der Waals surface area contributed by atoms with Crippen LogP contribution in [0.4, 0.5) is 30.6 Å². The number of ketones is 1. The fraction of sp³-hybridized carbons (Fsp3) is 0.349. The van der Waals surface area contributed by atoms with E-state index in [0.717, 1.165) is 23.4 Å². The maximum absolute atomic E-state index is 15.1. The lowest BCUT2D eigenvalue weighted by Crippen LogP contribution is -2.43. The van der Waals surface area contributed by atoms with Crippen LogP contribution in [0.3, 0.4) is 0 Å². The molecule has 0 unspecified atom stereocenters. The Morgan fingerprint density at radius 2 is 1.40 bits per heavy atom. The molecular formula is C43H50F2N6O6. The summed E-state index contributed by atoms with van der Waals surface area (Å²) < 4.78 is 40.8. The molecule has 0 saturated carbocycles. The number of alkyl carbamates (subject to hydrolysis) is 1. The number of aryl methyl sites for hydroxylation is 1. The average molecular weight is 785 g/mol. The topological polar surface area (TPSA) is 151 Å². The molecule has 1 atom stereocenters. The van der Waals surface area contributed by atoms with E-state index >= 15 is 8.78 Å². The van der Waals surface area contributed by atoms with Crippen molar-refractivity contribution >= 4 is 40.8 Å². The molecule has 57 heavy (non-hydrogen) atoms. The van der Waals surface area contributed by atoms with Crippen LogP contribution in [-0.2, 0) is 16.0 Å². The van der Waals surface area contributed by atoms with Gasteiger partial charge in [0.25, 0.3) is 11.8 Å². The summed E-state index contributed by atoms with van der Waals surface area (Å²) in [6.45, 7) is 6.75. The number of carbonyl (C=O) groups excluding carboxylic acids is 4. The number of benzene rings is 4. The number of carbonyl (C=O) groups is 4. The molecule has 0 spiro atoms. The third kappa shape index (κ3) is 14.4. The molecule has 0 aromatic heterocycles. The number of hydrogen-bond donors (Lipinski definition) is 3. The van der Waals surface area contributed by atoms with Gasteiger partial charge < -0.3 is 30.3 Å². The molecule has 0 aliphatic carbocycles. The zero-order valence-corrected chi connectivity index (χ0v) is 33.2. The number of nitrogens with one attached hydrogen (secondary N) is 3. The van der Waals surface area contributed by atoms with E-state index in [1.807, 2.05) is 56.3 Å². The van der Waals surface area contributed by atoms with Crippen molar-refractivity contribution < 1.29 is 37.4 Å². The second-order valence-corrected chi connectivity index (χ2v) is 14.6. The smallest absolute Gasteiger partial charge is 0.407 e. The molecule has 0 aliphatic heterocycles. The second kappa shape index (κ2) is 20.7. The molecule has 3 amide bonds. The van der Waals surface area contributed by atoms with Crippen LogP contribution >= 0.6 is 0 Å². The van der Waals surface area contributed by atoms with Crippen molar-refractivity contribution in [3.05, 3.63) is 119 Å². The zero-order valence-electron chi connectivity index (χ0n) is 33.2. The van der Waals surface area contributed by atoms with Gasteiger partial charge in [-0.15, -0.1) is 0 Å². The second-order valence-electron chi connectivity index (χ2n) is 14.6.